The summed E-state index contributed by atoms with van der Waals surface area (Å²) in [5.41, 5.74) is -0.109. The van der Waals surface area contributed by atoms with Crippen LogP contribution in [0.5, 0.6) is 0 Å². The molecule has 0 bridgehead atoms. The van der Waals surface area contributed by atoms with Crippen molar-refractivity contribution in [1.29, 1.82) is 0 Å². The molecule has 1 heterocycles. The molecule has 0 spiro atoms. The molecular weight excluding hydrogens is 634 g/mol. The van der Waals surface area contributed by atoms with Gasteiger partial charge in [0.1, 0.15) is 5.56 Å². The minimum Gasteiger partial charge on any atom is -0.434 e. The van der Waals surface area contributed by atoms with Gasteiger partial charge in [0, 0.05) is 205 Å². The zero-order chi connectivity index (χ0) is 5.11. The first kappa shape index (κ1) is 42.7. The Morgan fingerprint density at radius 3 is 1.57 bits per heavy atom. The van der Waals surface area contributed by atoms with Crippen molar-refractivity contribution in [1.82, 2.24) is 4.98 Å². The molecule has 0 aromatic carbocycles. The zero-order valence-electron chi connectivity index (χ0n) is 7.68. The molecule has 0 saturated carbocycles. The molecule has 14 heavy (non-hydrogen) atoms. The molecule has 1 rings (SSSR count). The molecule has 9 radical (unpaired) electrons. The minimum absolute atomic E-state index is 0. The Bertz CT molecular complexity index is 192. The zero-order valence-corrected chi connectivity index (χ0v) is 24.7. The third-order valence-electron chi connectivity index (χ3n) is 0.620. The minimum atomic E-state index is -0.109. The summed E-state index contributed by atoms with van der Waals surface area (Å²) < 4.78 is 0. The second kappa shape index (κ2) is 31.2. The number of aromatic nitrogens is 1. The fraction of sp³-hybridized carbons (Fsp3) is 0. The predicted octanol–water partition coefficient (Wildman–Crippen LogP) is -0.221. The van der Waals surface area contributed by atoms with E-state index in [0.29, 0.717) is 0 Å². The number of pyridine rings is 1. The van der Waals surface area contributed by atoms with Crippen LogP contribution < -0.4 is 5.56 Å². The molecule has 1 aromatic rings. The average Bonchev–Trinajstić information content (AvgIpc) is 1.69. The molecule has 0 aliphatic carbocycles. The van der Waals surface area contributed by atoms with Crippen LogP contribution in [-0.2, 0) is 196 Å². The van der Waals surface area contributed by atoms with Crippen molar-refractivity contribution in [3.8, 4) is 0 Å². The van der Waals surface area contributed by atoms with E-state index in [0.717, 1.165) is 0 Å². The molecule has 0 aliphatic rings. The van der Waals surface area contributed by atoms with Crippen molar-refractivity contribution in [3.05, 3.63) is 34.7 Å². The van der Waals surface area contributed by atoms with Crippen molar-refractivity contribution in [3.63, 3.8) is 0 Å². The van der Waals surface area contributed by atoms with E-state index in [1.54, 1.807) is 12.3 Å². The van der Waals surface area contributed by atoms with Gasteiger partial charge in [-0.05, 0) is 0 Å². The molecule has 57 valence electrons. The number of hydrogen-bond donors (Lipinski definition) is 1. The van der Waals surface area contributed by atoms with Crippen molar-refractivity contribution >= 4 is 8.41 Å². The Balaban J connectivity index is -0.0000000140. The molecular formula is C5H4BNOY6-. The maximum absolute atomic E-state index is 10.2. The molecule has 0 saturated heterocycles. The monoisotopic (exact) mass is 638 g/mol. The van der Waals surface area contributed by atoms with Gasteiger partial charge in [-0.2, -0.15) is 12.1 Å². The summed E-state index contributed by atoms with van der Waals surface area (Å²) in [4.78, 5) is 12.6. The van der Waals surface area contributed by atoms with E-state index in [2.05, 4.69) is 11.1 Å². The Labute approximate surface area is 237 Å². The maximum atomic E-state index is 10.2. The Kier molecular flexibility index (Phi) is 95.1. The van der Waals surface area contributed by atoms with Crippen molar-refractivity contribution in [2.75, 3.05) is 0 Å². The fourth-order valence-corrected chi connectivity index (χ4v) is 0.337. The molecule has 1 N–H and O–H groups in total. The summed E-state index contributed by atoms with van der Waals surface area (Å²) in [5.74, 6) is 0. The van der Waals surface area contributed by atoms with Gasteiger partial charge in [0.25, 0.3) is 0 Å². The van der Waals surface area contributed by atoms with Gasteiger partial charge in [-0.1, -0.05) is 0 Å². The second-order valence-corrected chi connectivity index (χ2v) is 1.15. The fourth-order valence-electron chi connectivity index (χ4n) is 0.337. The molecule has 0 aliphatic heterocycles. The number of aromatic amines is 1. The molecule has 2 nitrogen and oxygen atoms in total. The molecule has 1 aromatic heterocycles. The average molecular weight is 638 g/mol. The normalized spacial score (nSPS) is 4.29. The van der Waals surface area contributed by atoms with Crippen LogP contribution >= 0.6 is 0 Å². The maximum Gasteiger partial charge on any atom is 0.133 e. The standard InChI is InChI=1S/C5H4NO.B.6Y/c7-5-3-1-2-4-6-5;;;;;;;/h2-4H,(H,6,7);;;;;;;/q-1;;;;;;;. The summed E-state index contributed by atoms with van der Waals surface area (Å²) in [6.45, 7) is 0. The van der Waals surface area contributed by atoms with Gasteiger partial charge in [-0.15, -0.1) is 12.3 Å². The number of hydrogen-bond acceptors (Lipinski definition) is 1. The SMILES string of the molecule is O=c1c[c-]cc[nH]1.[B].[Y].[Y].[Y].[Y].[Y].[Y]. The van der Waals surface area contributed by atoms with Gasteiger partial charge in [0.2, 0.25) is 0 Å². The first-order valence-corrected chi connectivity index (χ1v) is 1.94. The summed E-state index contributed by atoms with van der Waals surface area (Å²) in [6, 6.07) is 5.60. The largest absolute Gasteiger partial charge is 0.434 e. The van der Waals surface area contributed by atoms with Crippen molar-refractivity contribution < 1.29 is 196 Å². The van der Waals surface area contributed by atoms with Crippen LogP contribution in [0, 0.1) is 6.07 Å². The van der Waals surface area contributed by atoms with E-state index in [1.807, 2.05) is 0 Å². The Hall–Kier alpha value is 5.64. The van der Waals surface area contributed by atoms with Crippen LogP contribution in [0.2, 0.25) is 0 Å². The second-order valence-electron chi connectivity index (χ2n) is 1.15. The van der Waals surface area contributed by atoms with E-state index in [4.69, 9.17) is 0 Å². The van der Waals surface area contributed by atoms with E-state index in [-0.39, 0.29) is 210 Å². The molecule has 0 amide bonds. The van der Waals surface area contributed by atoms with Crippen LogP contribution in [0.1, 0.15) is 0 Å². The smallest absolute Gasteiger partial charge is 0.133 e. The first-order valence-electron chi connectivity index (χ1n) is 1.94. The molecule has 0 fully saturated rings. The number of nitrogens with one attached hydrogen (secondary N) is 1. The summed E-state index contributed by atoms with van der Waals surface area (Å²) in [5, 5.41) is 0. The van der Waals surface area contributed by atoms with Crippen LogP contribution in [0.3, 0.4) is 0 Å². The Morgan fingerprint density at radius 2 is 1.43 bits per heavy atom. The predicted molar refractivity (Wildman–Crippen MR) is 31.7 cm³/mol. The van der Waals surface area contributed by atoms with E-state index in [9.17, 15) is 4.79 Å². The third kappa shape index (κ3) is 26.3. The van der Waals surface area contributed by atoms with Crippen molar-refractivity contribution in [2.24, 2.45) is 0 Å². The number of H-pyrrole nitrogens is 1. The molecule has 9 heteroatoms. The quantitative estimate of drug-likeness (QED) is 0.310. The van der Waals surface area contributed by atoms with Gasteiger partial charge in [-0.3, -0.25) is 0 Å². The van der Waals surface area contributed by atoms with Crippen LogP contribution in [0.25, 0.3) is 0 Å². The van der Waals surface area contributed by atoms with Gasteiger partial charge in [0.05, 0.1) is 0 Å². The third-order valence-corrected chi connectivity index (χ3v) is 0.620. The summed E-state index contributed by atoms with van der Waals surface area (Å²) >= 11 is 0. The molecule has 0 unspecified atom stereocenters. The van der Waals surface area contributed by atoms with E-state index < -0.39 is 0 Å². The Morgan fingerprint density at radius 1 is 1.00 bits per heavy atom. The van der Waals surface area contributed by atoms with Crippen LogP contribution in [0.15, 0.2) is 23.1 Å². The van der Waals surface area contributed by atoms with Gasteiger partial charge >= 0.3 is 0 Å². The molecule has 0 atom stereocenters. The van der Waals surface area contributed by atoms with Gasteiger partial charge in [0.15, 0.2) is 0 Å². The number of rotatable bonds is 0. The summed E-state index contributed by atoms with van der Waals surface area (Å²) in [7, 11) is 0. The van der Waals surface area contributed by atoms with E-state index in [1.165, 1.54) is 6.07 Å². The van der Waals surface area contributed by atoms with Gasteiger partial charge in [-0.25, -0.2) is 0 Å². The van der Waals surface area contributed by atoms with Crippen molar-refractivity contribution in [2.45, 2.75) is 0 Å². The van der Waals surface area contributed by atoms with Crippen LogP contribution in [0.4, 0.5) is 0 Å². The van der Waals surface area contributed by atoms with Gasteiger partial charge < -0.3 is 9.78 Å². The summed E-state index contributed by atoms with van der Waals surface area (Å²) in [6.07, 6.45) is 1.54. The topological polar surface area (TPSA) is 32.9 Å². The van der Waals surface area contributed by atoms with Crippen LogP contribution in [-0.4, -0.2) is 13.4 Å². The first-order chi connectivity index (χ1) is 3.39. The van der Waals surface area contributed by atoms with E-state index >= 15 is 0 Å².